The Kier molecular flexibility index (Phi) is 4.29. The summed E-state index contributed by atoms with van der Waals surface area (Å²) >= 11 is 0. The summed E-state index contributed by atoms with van der Waals surface area (Å²) in [4.78, 5) is 52.7. The molecule has 5 rings (SSSR count). The van der Waals surface area contributed by atoms with Crippen molar-refractivity contribution in [3.63, 3.8) is 0 Å². The molecular formula is C21H24N4O4. The van der Waals surface area contributed by atoms with Crippen molar-refractivity contribution in [1.29, 1.82) is 0 Å². The van der Waals surface area contributed by atoms with Gasteiger partial charge in [-0.1, -0.05) is 6.07 Å². The third-order valence-corrected chi connectivity index (χ3v) is 6.89. The summed E-state index contributed by atoms with van der Waals surface area (Å²) in [7, 11) is 0. The van der Waals surface area contributed by atoms with Crippen LogP contribution in [0.5, 0.6) is 0 Å². The van der Waals surface area contributed by atoms with E-state index >= 15 is 0 Å². The van der Waals surface area contributed by atoms with Gasteiger partial charge in [-0.15, -0.1) is 0 Å². The fourth-order valence-corrected chi connectivity index (χ4v) is 5.50. The highest BCUT2D eigenvalue weighted by Crippen LogP contribution is 2.38. The molecule has 0 aromatic heterocycles. The van der Waals surface area contributed by atoms with E-state index in [2.05, 4.69) is 10.2 Å². The van der Waals surface area contributed by atoms with Crippen LogP contribution in [0.25, 0.3) is 0 Å². The molecule has 0 bridgehead atoms. The van der Waals surface area contributed by atoms with Crippen molar-refractivity contribution in [2.75, 3.05) is 6.54 Å². The number of piperidine rings is 1. The van der Waals surface area contributed by atoms with E-state index < -0.39 is 23.8 Å². The molecule has 3 N–H and O–H groups in total. The summed E-state index contributed by atoms with van der Waals surface area (Å²) < 4.78 is 0. The molecule has 4 aliphatic rings. The van der Waals surface area contributed by atoms with Gasteiger partial charge in [-0.05, 0) is 55.8 Å². The number of imide groups is 2. The second-order valence-electron chi connectivity index (χ2n) is 8.58. The molecule has 152 valence electrons. The van der Waals surface area contributed by atoms with Gasteiger partial charge in [0.25, 0.3) is 11.8 Å². The van der Waals surface area contributed by atoms with Crippen molar-refractivity contribution in [3.8, 4) is 0 Å². The predicted molar refractivity (Wildman–Crippen MR) is 103 cm³/mol. The number of nitrogens with zero attached hydrogens (tertiary/aromatic N) is 2. The number of nitrogens with two attached hydrogens (primary N) is 1. The first-order valence-electron chi connectivity index (χ1n) is 10.3. The Bertz CT molecular complexity index is 929. The standard InChI is InChI=1S/C21H24N4O4/c22-15-4-2-12-7-8-24(18(12)15)10-11-1-3-13-14(9-11)21(29)25(20(13)28)16-5-6-17(26)23-19(16)27/h1,3,9,12,15-16,18H,2,4-8,10,22H2,(H,23,26,27)/t12-,15+,16?,18+/m0/s1. The van der Waals surface area contributed by atoms with Crippen molar-refractivity contribution in [2.45, 2.75) is 56.8 Å². The van der Waals surface area contributed by atoms with Crippen LogP contribution in [0.15, 0.2) is 18.2 Å². The second kappa shape index (κ2) is 6.74. The number of hydrogen-bond acceptors (Lipinski definition) is 6. The molecule has 1 aliphatic carbocycles. The van der Waals surface area contributed by atoms with E-state index in [1.807, 2.05) is 6.07 Å². The number of likely N-dealkylation sites (tertiary alicyclic amines) is 1. The number of rotatable bonds is 3. The molecule has 8 heteroatoms. The molecular weight excluding hydrogens is 372 g/mol. The van der Waals surface area contributed by atoms with Crippen molar-refractivity contribution in [3.05, 3.63) is 34.9 Å². The van der Waals surface area contributed by atoms with Gasteiger partial charge in [-0.3, -0.25) is 34.3 Å². The maximum atomic E-state index is 13.0. The first-order chi connectivity index (χ1) is 13.9. The summed E-state index contributed by atoms with van der Waals surface area (Å²) in [5, 5.41) is 2.22. The molecule has 1 aromatic carbocycles. The topological polar surface area (TPSA) is 113 Å². The number of fused-ring (bicyclic) bond motifs is 2. The van der Waals surface area contributed by atoms with Crippen molar-refractivity contribution >= 4 is 23.6 Å². The van der Waals surface area contributed by atoms with Crippen LogP contribution in [0.4, 0.5) is 0 Å². The molecule has 4 amide bonds. The molecule has 3 fully saturated rings. The highest BCUT2D eigenvalue weighted by atomic mass is 16.2. The Morgan fingerprint density at radius 3 is 2.59 bits per heavy atom. The molecule has 3 aliphatic heterocycles. The number of amides is 4. The van der Waals surface area contributed by atoms with Crippen molar-refractivity contribution in [1.82, 2.24) is 15.1 Å². The predicted octanol–water partition coefficient (Wildman–Crippen LogP) is 0.399. The van der Waals surface area contributed by atoms with Gasteiger partial charge in [0.15, 0.2) is 0 Å². The van der Waals surface area contributed by atoms with Gasteiger partial charge >= 0.3 is 0 Å². The van der Waals surface area contributed by atoms with Gasteiger partial charge in [0, 0.05) is 25.0 Å². The molecule has 3 heterocycles. The average Bonchev–Trinajstić information content (AvgIpc) is 3.33. The smallest absolute Gasteiger partial charge is 0.262 e. The zero-order valence-corrected chi connectivity index (χ0v) is 16.1. The average molecular weight is 396 g/mol. The van der Waals surface area contributed by atoms with Gasteiger partial charge in [-0.2, -0.15) is 0 Å². The fourth-order valence-electron chi connectivity index (χ4n) is 5.50. The third kappa shape index (κ3) is 2.89. The van der Waals surface area contributed by atoms with Crippen molar-refractivity contribution < 1.29 is 19.2 Å². The Hall–Kier alpha value is -2.58. The number of carbonyl (C=O) groups is 4. The Balaban J connectivity index is 1.37. The minimum absolute atomic E-state index is 0.118. The number of nitrogens with one attached hydrogen (secondary N) is 1. The molecule has 4 atom stereocenters. The lowest BCUT2D eigenvalue weighted by Gasteiger charge is -2.27. The molecule has 1 unspecified atom stereocenters. The maximum absolute atomic E-state index is 13.0. The van der Waals surface area contributed by atoms with E-state index in [0.717, 1.165) is 29.8 Å². The third-order valence-electron chi connectivity index (χ3n) is 6.89. The van der Waals surface area contributed by atoms with Crippen LogP contribution >= 0.6 is 0 Å². The van der Waals surface area contributed by atoms with Crippen LogP contribution in [0.2, 0.25) is 0 Å². The molecule has 1 aromatic rings. The Labute approximate surface area is 168 Å². The van der Waals surface area contributed by atoms with Crippen LogP contribution in [0, 0.1) is 5.92 Å². The van der Waals surface area contributed by atoms with Crippen LogP contribution < -0.4 is 11.1 Å². The van der Waals surface area contributed by atoms with E-state index in [4.69, 9.17) is 5.73 Å². The van der Waals surface area contributed by atoms with Crippen molar-refractivity contribution in [2.24, 2.45) is 11.7 Å². The Morgan fingerprint density at radius 2 is 1.79 bits per heavy atom. The van der Waals surface area contributed by atoms with Gasteiger partial charge in [-0.25, -0.2) is 0 Å². The van der Waals surface area contributed by atoms with E-state index in [-0.39, 0.29) is 24.8 Å². The first kappa shape index (κ1) is 18.4. The van der Waals surface area contributed by atoms with Gasteiger partial charge in [0.1, 0.15) is 6.04 Å². The lowest BCUT2D eigenvalue weighted by molar-refractivity contribution is -0.136. The summed E-state index contributed by atoms with van der Waals surface area (Å²) in [5.41, 5.74) is 7.93. The summed E-state index contributed by atoms with van der Waals surface area (Å²) in [6.07, 6.45) is 3.68. The molecule has 2 saturated heterocycles. The van der Waals surface area contributed by atoms with Crippen LogP contribution in [-0.2, 0) is 16.1 Å². The molecule has 1 saturated carbocycles. The maximum Gasteiger partial charge on any atom is 0.262 e. The highest BCUT2D eigenvalue weighted by Gasteiger charge is 2.45. The SMILES string of the molecule is N[C@@H]1CC[C@H]2CCN(Cc3ccc4c(c3)C(=O)N(C3CCC(=O)NC3=O)C4=O)[C@H]21. The lowest BCUT2D eigenvalue weighted by atomic mass is 10.0. The molecule has 0 radical (unpaired) electrons. The highest BCUT2D eigenvalue weighted by molar-refractivity contribution is 6.23. The fraction of sp³-hybridized carbons (Fsp3) is 0.524. The second-order valence-corrected chi connectivity index (χ2v) is 8.58. The molecule has 0 spiro atoms. The van der Waals surface area contributed by atoms with Gasteiger partial charge < -0.3 is 5.73 Å². The van der Waals surface area contributed by atoms with E-state index in [0.29, 0.717) is 29.6 Å². The zero-order chi connectivity index (χ0) is 20.3. The van der Waals surface area contributed by atoms with Gasteiger partial charge in [0.05, 0.1) is 11.1 Å². The number of carbonyl (C=O) groups excluding carboxylic acids is 4. The van der Waals surface area contributed by atoms with Gasteiger partial charge in [0.2, 0.25) is 11.8 Å². The van der Waals surface area contributed by atoms with E-state index in [1.165, 1.54) is 6.42 Å². The quantitative estimate of drug-likeness (QED) is 0.715. The minimum atomic E-state index is -0.931. The van der Waals surface area contributed by atoms with Crippen LogP contribution in [0.1, 0.15) is 58.4 Å². The molecule has 29 heavy (non-hydrogen) atoms. The van der Waals surface area contributed by atoms with Crippen LogP contribution in [-0.4, -0.2) is 58.1 Å². The largest absolute Gasteiger partial charge is 0.326 e. The summed E-state index contributed by atoms with van der Waals surface area (Å²) in [5.74, 6) is -1.23. The normalized spacial score (nSPS) is 32.0. The molecule has 8 nitrogen and oxygen atoms in total. The minimum Gasteiger partial charge on any atom is -0.326 e. The monoisotopic (exact) mass is 396 g/mol. The number of hydrogen-bond donors (Lipinski definition) is 2. The van der Waals surface area contributed by atoms with E-state index in [1.54, 1.807) is 12.1 Å². The Morgan fingerprint density at radius 1 is 1.00 bits per heavy atom. The lowest BCUT2D eigenvalue weighted by Crippen LogP contribution is -2.54. The first-order valence-corrected chi connectivity index (χ1v) is 10.3. The van der Waals surface area contributed by atoms with E-state index in [9.17, 15) is 19.2 Å². The number of benzene rings is 1. The summed E-state index contributed by atoms with van der Waals surface area (Å²) in [6, 6.07) is 4.99. The summed E-state index contributed by atoms with van der Waals surface area (Å²) in [6.45, 7) is 1.69. The van der Waals surface area contributed by atoms with Crippen LogP contribution in [0.3, 0.4) is 0 Å². The zero-order valence-electron chi connectivity index (χ0n) is 16.1.